The van der Waals surface area contributed by atoms with Crippen LogP contribution in [0.2, 0.25) is 13.1 Å². The van der Waals surface area contributed by atoms with Gasteiger partial charge in [0.25, 0.3) is 0 Å². The monoisotopic (exact) mass is 553 g/mol. The number of fused-ring (bicyclic) bond motifs is 3. The zero-order chi connectivity index (χ0) is 20.6. The number of hydrogen-bond donors (Lipinski definition) is 0. The van der Waals surface area contributed by atoms with E-state index in [0.29, 0.717) is 6.42 Å². The summed E-state index contributed by atoms with van der Waals surface area (Å²) in [5.74, 6) is -0.413. The zero-order valence-electron chi connectivity index (χ0n) is 19.0. The van der Waals surface area contributed by atoms with Crippen LogP contribution in [0.25, 0.3) is 27.3 Å². The van der Waals surface area contributed by atoms with Gasteiger partial charge in [-0.25, -0.2) is 0 Å². The zero-order valence-corrected chi connectivity index (χ0v) is 24.0. The molecule has 0 bridgehead atoms. The van der Waals surface area contributed by atoms with Crippen LogP contribution in [0.4, 0.5) is 0 Å². The van der Waals surface area contributed by atoms with Crippen molar-refractivity contribution in [2.24, 2.45) is 0 Å². The van der Waals surface area contributed by atoms with E-state index in [1.54, 1.807) is 0 Å². The Balaban J connectivity index is -0.000000415. The number of halogens is 2. The first-order valence-electron chi connectivity index (χ1n) is 10.5. The molecule has 3 aromatic rings. The van der Waals surface area contributed by atoms with Gasteiger partial charge in [0.1, 0.15) is 0 Å². The van der Waals surface area contributed by atoms with Crippen molar-refractivity contribution in [3.63, 3.8) is 0 Å². The fourth-order valence-electron chi connectivity index (χ4n) is 3.15. The Morgan fingerprint density at radius 3 is 1.61 bits per heavy atom. The number of carbonyl (C=O) groups excluding carboxylic acids is 1. The molecule has 2 radical (unpaired) electrons. The van der Waals surface area contributed by atoms with Crippen LogP contribution in [-0.4, -0.2) is 15.4 Å². The van der Waals surface area contributed by atoms with Gasteiger partial charge in [-0.15, -0.1) is 39.7 Å². The molecule has 0 spiro atoms. The average Bonchev–Trinajstić information content (AvgIpc) is 3.07. The molecule has 0 heterocycles. The van der Waals surface area contributed by atoms with E-state index < -0.39 is 5.91 Å². The van der Waals surface area contributed by atoms with E-state index in [1.165, 1.54) is 53.6 Å². The molecule has 0 aromatic heterocycles. The predicted octanol–water partition coefficient (Wildman–Crippen LogP) is 2.21. The van der Waals surface area contributed by atoms with Gasteiger partial charge in [0.15, 0.2) is 0 Å². The topological polar surface area (TPSA) is 40.9 Å². The van der Waals surface area contributed by atoms with Gasteiger partial charge in [-0.2, -0.15) is 0 Å². The van der Waals surface area contributed by atoms with Crippen molar-refractivity contribution in [1.29, 1.82) is 0 Å². The van der Waals surface area contributed by atoms with Gasteiger partial charge in [0, 0.05) is 15.4 Å². The molecule has 168 valence electrons. The number of nitrogens with one attached hydrogen (secondary N) is 1. The van der Waals surface area contributed by atoms with E-state index in [9.17, 15) is 4.79 Å². The molecule has 1 amide bonds. The van der Waals surface area contributed by atoms with E-state index in [4.69, 9.17) is 5.73 Å². The second kappa shape index (κ2) is 22.6. The van der Waals surface area contributed by atoms with E-state index in [-0.39, 0.29) is 51.0 Å². The number of amides is 1. The van der Waals surface area contributed by atoms with Crippen molar-refractivity contribution in [2.75, 3.05) is 0 Å². The summed E-state index contributed by atoms with van der Waals surface area (Å²) in [7, 11) is 1.08. The molecule has 0 aliphatic heterocycles. The minimum absolute atomic E-state index is 0. The van der Waals surface area contributed by atoms with Crippen LogP contribution in [0.3, 0.4) is 0 Å². The Morgan fingerprint density at radius 2 is 1.19 bits per heavy atom. The summed E-state index contributed by atoms with van der Waals surface area (Å²) in [5.41, 5.74) is 6.69. The molecular formula is C25H35Cl2NOSiZr. The van der Waals surface area contributed by atoms with Gasteiger partial charge in [0.05, 0.1) is 0 Å². The van der Waals surface area contributed by atoms with E-state index in [2.05, 4.69) is 74.6 Å². The number of hydrogen-bond acceptors (Lipinski definition) is 1. The third-order valence-electron chi connectivity index (χ3n) is 4.53. The Bertz CT molecular complexity index is 760. The first-order valence-corrected chi connectivity index (χ1v) is 12.5. The molecule has 0 saturated heterocycles. The molecule has 0 saturated carbocycles. The van der Waals surface area contributed by atoms with Crippen molar-refractivity contribution >= 4 is 37.0 Å². The summed E-state index contributed by atoms with van der Waals surface area (Å²) >= 11 is 0. The maximum Gasteiger partial charge on any atom is 4.00 e. The summed E-state index contributed by atoms with van der Waals surface area (Å²) in [6, 6.07) is 19.3. The van der Waals surface area contributed by atoms with Gasteiger partial charge in [-0.3, -0.25) is 0 Å². The third-order valence-corrected chi connectivity index (χ3v) is 4.53. The van der Waals surface area contributed by atoms with Crippen molar-refractivity contribution in [2.45, 2.75) is 71.4 Å². The van der Waals surface area contributed by atoms with E-state index in [0.717, 1.165) is 22.4 Å². The molecule has 2 nitrogen and oxygen atoms in total. The van der Waals surface area contributed by atoms with Crippen LogP contribution in [0.1, 0.15) is 58.3 Å². The maximum atomic E-state index is 10.2. The molecule has 0 fully saturated rings. The minimum Gasteiger partial charge on any atom is -1.00 e. The fraction of sp³-hybridized carbons (Fsp3) is 0.440. The first-order chi connectivity index (χ1) is 13.6. The Kier molecular flexibility index (Phi) is 25.6. The summed E-state index contributed by atoms with van der Waals surface area (Å²) in [6.45, 7) is 6.51. The molecule has 0 aliphatic carbocycles. The Labute approximate surface area is 223 Å². The number of carbonyl (C=O) groups is 1. The van der Waals surface area contributed by atoms with Gasteiger partial charge in [-0.05, 0) is 12.8 Å². The summed E-state index contributed by atoms with van der Waals surface area (Å²) in [6.07, 6.45) is 8.94. The van der Waals surface area contributed by atoms with Crippen LogP contribution in [-0.2, 0) is 31.0 Å². The Morgan fingerprint density at radius 1 is 0.806 bits per heavy atom. The van der Waals surface area contributed by atoms with Crippen LogP contribution in [0.15, 0.2) is 54.6 Å². The summed E-state index contributed by atoms with van der Waals surface area (Å²) in [5, 5.41) is 5.39. The van der Waals surface area contributed by atoms with Crippen molar-refractivity contribution in [1.82, 2.24) is 0 Å². The number of benzene rings is 2. The second-order valence-electron chi connectivity index (χ2n) is 7.11. The van der Waals surface area contributed by atoms with Crippen molar-refractivity contribution < 1.29 is 55.8 Å². The first kappa shape index (κ1) is 35.1. The fourth-order valence-corrected chi connectivity index (χ4v) is 3.15. The molecule has 3 aromatic carbocycles. The van der Waals surface area contributed by atoms with Gasteiger partial charge in [-0.1, -0.05) is 94.9 Å². The van der Waals surface area contributed by atoms with Crippen molar-refractivity contribution in [3.05, 3.63) is 60.3 Å². The SMILES string of the molecule is CCCCCCCCCC([NH-])=O.C[Si]C.[Cl-].[Cl-].[Zr+4].c1ccc2c(c1)[cH-]c1ccccc12. The molecular weight excluding hydrogens is 520 g/mol. The normalized spacial score (nSPS) is 9.13. The molecule has 31 heavy (non-hydrogen) atoms. The third kappa shape index (κ3) is 15.0. The minimum atomic E-state index is -0.413. The molecule has 0 aliphatic rings. The predicted molar refractivity (Wildman–Crippen MR) is 126 cm³/mol. The summed E-state index contributed by atoms with van der Waals surface area (Å²) in [4.78, 5) is 10.2. The standard InChI is InChI=1S/C13H9.C10H21NO.C2H6Si.2ClH.Zr/c1-3-7-12-10(5-1)9-11-6-2-4-8-13(11)12;1-2-3-4-5-6-7-8-9-10(11)12;1-3-2;;;/h1-9H;2-9H2,1H3,(H2,11,12);1-2H3;2*1H;/q-1;;;;;+4/p-3. The van der Waals surface area contributed by atoms with Crippen LogP contribution in [0, 0.1) is 0 Å². The maximum absolute atomic E-state index is 10.2. The number of unbranched alkanes of at least 4 members (excludes halogenated alkanes) is 6. The van der Waals surface area contributed by atoms with Crippen molar-refractivity contribution in [3.8, 4) is 0 Å². The quantitative estimate of drug-likeness (QED) is 0.239. The smallest absolute Gasteiger partial charge is 1.00 e. The molecule has 0 unspecified atom stereocenters. The second-order valence-corrected chi connectivity index (χ2v) is 8.11. The molecule has 1 N–H and O–H groups in total. The molecule has 6 heteroatoms. The molecule has 0 atom stereocenters. The van der Waals surface area contributed by atoms with E-state index in [1.807, 2.05) is 0 Å². The average molecular weight is 556 g/mol. The molecule has 3 rings (SSSR count). The number of rotatable bonds is 8. The van der Waals surface area contributed by atoms with Gasteiger partial charge in [0.2, 0.25) is 0 Å². The summed E-state index contributed by atoms with van der Waals surface area (Å²) < 4.78 is 0. The van der Waals surface area contributed by atoms with Crippen LogP contribution < -0.4 is 24.8 Å². The van der Waals surface area contributed by atoms with Crippen LogP contribution >= 0.6 is 0 Å². The van der Waals surface area contributed by atoms with Gasteiger partial charge >= 0.3 is 26.2 Å². The van der Waals surface area contributed by atoms with E-state index >= 15 is 0 Å². The van der Waals surface area contributed by atoms with Gasteiger partial charge < -0.3 is 35.3 Å². The largest absolute Gasteiger partial charge is 4.00 e. The Hall–Kier alpha value is -0.540. The van der Waals surface area contributed by atoms with Crippen LogP contribution in [0.5, 0.6) is 0 Å².